The number of H-pyrrole nitrogens is 1. The highest BCUT2D eigenvalue weighted by atomic mass is 16.5. The summed E-state index contributed by atoms with van der Waals surface area (Å²) < 4.78 is 4.72. The Hall–Kier alpha value is -1.36. The first-order valence-electron chi connectivity index (χ1n) is 5.11. The second-order valence-electron chi connectivity index (χ2n) is 3.79. The predicted molar refractivity (Wildman–Crippen MR) is 54.1 cm³/mol. The third-order valence-electron chi connectivity index (χ3n) is 2.87. The van der Waals surface area contributed by atoms with E-state index >= 15 is 0 Å². The fourth-order valence-electron chi connectivity index (χ4n) is 1.96. The zero-order valence-electron chi connectivity index (χ0n) is 8.69. The van der Waals surface area contributed by atoms with E-state index in [1.165, 1.54) is 7.11 Å². The third kappa shape index (κ3) is 2.18. The number of nitrogens with one attached hydrogen (secondary N) is 2. The molecule has 0 saturated carbocycles. The van der Waals surface area contributed by atoms with E-state index < -0.39 is 0 Å². The van der Waals surface area contributed by atoms with Gasteiger partial charge in [0.2, 0.25) is 0 Å². The molecule has 1 aliphatic rings. The van der Waals surface area contributed by atoms with E-state index in [2.05, 4.69) is 15.5 Å². The van der Waals surface area contributed by atoms with Crippen LogP contribution in [0, 0.1) is 5.92 Å². The molecule has 0 aromatic carbocycles. The van der Waals surface area contributed by atoms with Crippen LogP contribution in [0.2, 0.25) is 0 Å². The van der Waals surface area contributed by atoms with Crippen LogP contribution in [0.5, 0.6) is 0 Å². The van der Waals surface area contributed by atoms with Crippen molar-refractivity contribution in [3.63, 3.8) is 0 Å². The molecule has 0 radical (unpaired) electrons. The van der Waals surface area contributed by atoms with Gasteiger partial charge in [-0.25, -0.2) is 0 Å². The van der Waals surface area contributed by atoms with Gasteiger partial charge in [-0.3, -0.25) is 9.89 Å². The molecule has 1 saturated heterocycles. The molecule has 2 atom stereocenters. The van der Waals surface area contributed by atoms with Gasteiger partial charge < -0.3 is 10.1 Å². The normalized spacial score (nSPS) is 26.2. The van der Waals surface area contributed by atoms with Gasteiger partial charge in [0.25, 0.3) is 0 Å². The quantitative estimate of drug-likeness (QED) is 0.701. The monoisotopic (exact) mass is 209 g/mol. The van der Waals surface area contributed by atoms with E-state index in [0.717, 1.165) is 18.4 Å². The summed E-state index contributed by atoms with van der Waals surface area (Å²) >= 11 is 0. The minimum Gasteiger partial charge on any atom is -0.469 e. The van der Waals surface area contributed by atoms with Gasteiger partial charge in [-0.2, -0.15) is 5.10 Å². The molecule has 5 nitrogen and oxygen atoms in total. The van der Waals surface area contributed by atoms with Crippen LogP contribution in [0.4, 0.5) is 0 Å². The van der Waals surface area contributed by atoms with Crippen LogP contribution in [0.25, 0.3) is 0 Å². The van der Waals surface area contributed by atoms with Crippen LogP contribution in [-0.2, 0) is 9.53 Å². The summed E-state index contributed by atoms with van der Waals surface area (Å²) in [6.07, 6.45) is 5.51. The fraction of sp³-hybridized carbons (Fsp3) is 0.600. The number of aromatic nitrogens is 2. The summed E-state index contributed by atoms with van der Waals surface area (Å²) in [6.45, 7) is 0.683. The number of aromatic amines is 1. The maximum Gasteiger partial charge on any atom is 0.309 e. The van der Waals surface area contributed by atoms with Gasteiger partial charge in [0.15, 0.2) is 0 Å². The molecule has 0 bridgehead atoms. The van der Waals surface area contributed by atoms with Gasteiger partial charge in [0, 0.05) is 24.3 Å². The van der Waals surface area contributed by atoms with Gasteiger partial charge in [-0.1, -0.05) is 0 Å². The van der Waals surface area contributed by atoms with Crippen molar-refractivity contribution in [3.8, 4) is 0 Å². The standard InChI is InChI=1S/C10H15N3O2/c1-15-10(14)7-2-3-9(11-4-7)8-5-12-13-6-8/h5-7,9,11H,2-4H2,1H3,(H,12,13). The summed E-state index contributed by atoms with van der Waals surface area (Å²) in [5, 5.41) is 10.0. The zero-order chi connectivity index (χ0) is 10.7. The molecule has 2 heterocycles. The minimum absolute atomic E-state index is 0.00171. The lowest BCUT2D eigenvalue weighted by Crippen LogP contribution is -2.37. The topological polar surface area (TPSA) is 67.0 Å². The van der Waals surface area contributed by atoms with Crippen LogP contribution in [0.15, 0.2) is 12.4 Å². The molecular weight excluding hydrogens is 194 g/mol. The number of rotatable bonds is 2. The molecule has 1 aliphatic heterocycles. The van der Waals surface area contributed by atoms with Crippen LogP contribution >= 0.6 is 0 Å². The molecule has 1 fully saturated rings. The van der Waals surface area contributed by atoms with E-state index in [4.69, 9.17) is 4.74 Å². The molecule has 1 aromatic heterocycles. The van der Waals surface area contributed by atoms with Crippen molar-refractivity contribution in [2.75, 3.05) is 13.7 Å². The Morgan fingerprint density at radius 2 is 2.47 bits per heavy atom. The smallest absolute Gasteiger partial charge is 0.309 e. The highest BCUT2D eigenvalue weighted by Crippen LogP contribution is 2.25. The van der Waals surface area contributed by atoms with Gasteiger partial charge in [0.1, 0.15) is 0 Å². The van der Waals surface area contributed by atoms with Gasteiger partial charge in [0.05, 0.1) is 19.2 Å². The fourth-order valence-corrected chi connectivity index (χ4v) is 1.96. The Morgan fingerprint density at radius 3 is 3.00 bits per heavy atom. The zero-order valence-corrected chi connectivity index (χ0v) is 8.69. The maximum absolute atomic E-state index is 11.3. The van der Waals surface area contributed by atoms with Crippen LogP contribution < -0.4 is 5.32 Å². The van der Waals surface area contributed by atoms with Gasteiger partial charge >= 0.3 is 5.97 Å². The summed E-state index contributed by atoms with van der Waals surface area (Å²) in [7, 11) is 1.44. The predicted octanol–water partition coefficient (Wildman–Crippen LogP) is 0.623. The average Bonchev–Trinajstić information content (AvgIpc) is 2.82. The highest BCUT2D eigenvalue weighted by molar-refractivity contribution is 5.72. The number of carbonyl (C=O) groups is 1. The Balaban J connectivity index is 1.90. The van der Waals surface area contributed by atoms with E-state index in [1.54, 1.807) is 0 Å². The van der Waals surface area contributed by atoms with Crippen molar-refractivity contribution in [1.82, 2.24) is 15.5 Å². The number of esters is 1. The number of ether oxygens (including phenoxy) is 1. The molecule has 2 unspecified atom stereocenters. The molecular formula is C10H15N3O2. The van der Waals surface area contributed by atoms with Crippen molar-refractivity contribution in [3.05, 3.63) is 18.0 Å². The Morgan fingerprint density at radius 1 is 1.60 bits per heavy atom. The Labute approximate surface area is 88.2 Å². The lowest BCUT2D eigenvalue weighted by molar-refractivity contribution is -0.146. The molecule has 15 heavy (non-hydrogen) atoms. The number of methoxy groups -OCH3 is 1. The molecule has 5 heteroatoms. The Bertz CT molecular complexity index is 315. The molecule has 2 rings (SSSR count). The van der Waals surface area contributed by atoms with Crippen molar-refractivity contribution in [1.29, 1.82) is 0 Å². The number of carbonyl (C=O) groups excluding carboxylic acids is 1. The highest BCUT2D eigenvalue weighted by Gasteiger charge is 2.27. The number of hydrogen-bond acceptors (Lipinski definition) is 4. The second-order valence-corrected chi connectivity index (χ2v) is 3.79. The lowest BCUT2D eigenvalue weighted by atomic mass is 9.92. The minimum atomic E-state index is -0.117. The number of hydrogen-bond donors (Lipinski definition) is 2. The first kappa shape index (κ1) is 10.2. The van der Waals surface area contributed by atoms with Gasteiger partial charge in [-0.15, -0.1) is 0 Å². The Kier molecular flexibility index (Phi) is 3.01. The van der Waals surface area contributed by atoms with Crippen molar-refractivity contribution in [2.24, 2.45) is 5.92 Å². The largest absolute Gasteiger partial charge is 0.469 e. The van der Waals surface area contributed by atoms with Gasteiger partial charge in [-0.05, 0) is 12.8 Å². The third-order valence-corrected chi connectivity index (χ3v) is 2.87. The maximum atomic E-state index is 11.3. The SMILES string of the molecule is COC(=O)C1CCC(c2cn[nH]c2)NC1. The molecule has 1 aromatic rings. The molecule has 2 N–H and O–H groups in total. The average molecular weight is 209 g/mol. The lowest BCUT2D eigenvalue weighted by Gasteiger charge is -2.27. The van der Waals surface area contributed by atoms with E-state index in [-0.39, 0.29) is 11.9 Å². The van der Waals surface area contributed by atoms with Crippen LogP contribution in [-0.4, -0.2) is 29.8 Å². The number of nitrogens with zero attached hydrogens (tertiary/aromatic N) is 1. The summed E-state index contributed by atoms with van der Waals surface area (Å²) in [5.74, 6) is -0.119. The molecule has 0 spiro atoms. The molecule has 82 valence electrons. The molecule has 0 aliphatic carbocycles. The van der Waals surface area contributed by atoms with Crippen molar-refractivity contribution >= 4 is 5.97 Å². The summed E-state index contributed by atoms with van der Waals surface area (Å²) in [4.78, 5) is 11.3. The van der Waals surface area contributed by atoms with E-state index in [0.29, 0.717) is 12.6 Å². The van der Waals surface area contributed by atoms with Crippen molar-refractivity contribution in [2.45, 2.75) is 18.9 Å². The van der Waals surface area contributed by atoms with Crippen molar-refractivity contribution < 1.29 is 9.53 Å². The molecule has 0 amide bonds. The first-order valence-corrected chi connectivity index (χ1v) is 5.11. The van der Waals surface area contributed by atoms with E-state index in [9.17, 15) is 4.79 Å². The van der Waals surface area contributed by atoms with E-state index in [1.807, 2.05) is 12.4 Å². The van der Waals surface area contributed by atoms with Crippen LogP contribution in [0.1, 0.15) is 24.4 Å². The second kappa shape index (κ2) is 4.44. The first-order chi connectivity index (χ1) is 7.31. The summed E-state index contributed by atoms with van der Waals surface area (Å²) in [5.41, 5.74) is 1.15. The number of piperidine rings is 1. The van der Waals surface area contributed by atoms with Crippen LogP contribution in [0.3, 0.4) is 0 Å². The summed E-state index contributed by atoms with van der Waals surface area (Å²) in [6, 6.07) is 0.310.